The molecule has 2 aromatic heterocycles. The first kappa shape index (κ1) is 22.9. The van der Waals surface area contributed by atoms with Crippen LogP contribution in [0.5, 0.6) is 0 Å². The number of ether oxygens (including phenoxy) is 1. The van der Waals surface area contributed by atoms with Gasteiger partial charge in [0, 0.05) is 26.2 Å². The van der Waals surface area contributed by atoms with Crippen molar-refractivity contribution >= 4 is 37.1 Å². The van der Waals surface area contributed by atoms with Gasteiger partial charge >= 0.3 is 5.69 Å². The summed E-state index contributed by atoms with van der Waals surface area (Å²) in [5.74, 6) is 0.341. The van der Waals surface area contributed by atoms with Crippen molar-refractivity contribution < 1.29 is 18.5 Å². The molecule has 32 heavy (non-hydrogen) atoms. The second-order valence-corrected chi connectivity index (χ2v) is 14.9. The summed E-state index contributed by atoms with van der Waals surface area (Å²) in [4.78, 5) is 24.6. The van der Waals surface area contributed by atoms with E-state index in [0.29, 0.717) is 62.5 Å². The average molecular weight is 464 g/mol. The molecule has 0 saturated carbocycles. The molecule has 11 heteroatoms. The monoisotopic (exact) mass is 463 g/mol. The van der Waals surface area contributed by atoms with Gasteiger partial charge in [-0.2, -0.15) is 4.98 Å². The average Bonchev–Trinajstić information content (AvgIpc) is 3.15. The van der Waals surface area contributed by atoms with E-state index in [2.05, 4.69) is 43.8 Å². The number of rotatable bonds is 5. The van der Waals surface area contributed by atoms with E-state index >= 15 is 0 Å². The highest BCUT2D eigenvalue weighted by atomic mass is 28.4. The van der Waals surface area contributed by atoms with Crippen LogP contribution in [-0.2, 0) is 9.16 Å². The Morgan fingerprint density at radius 1 is 1.19 bits per heavy atom. The van der Waals surface area contributed by atoms with Gasteiger partial charge in [0.1, 0.15) is 0 Å². The molecule has 2 fully saturated rings. The van der Waals surface area contributed by atoms with Crippen molar-refractivity contribution in [2.24, 2.45) is 0 Å². The summed E-state index contributed by atoms with van der Waals surface area (Å²) in [5, 5.41) is 12.0. The Hall–Kier alpha value is -2.24. The fourth-order valence-electron chi connectivity index (χ4n) is 3.91. The number of oxazole rings is 1. The van der Waals surface area contributed by atoms with E-state index in [1.807, 2.05) is 9.80 Å². The van der Waals surface area contributed by atoms with Crippen LogP contribution in [0.1, 0.15) is 33.6 Å². The lowest BCUT2D eigenvalue weighted by atomic mass is 10.1. The number of piperidine rings is 1. The molecule has 176 valence electrons. The Morgan fingerprint density at radius 3 is 2.56 bits per heavy atom. The maximum Gasteiger partial charge on any atom is 0.315 e. The molecular weight excluding hydrogens is 430 g/mol. The van der Waals surface area contributed by atoms with Crippen LogP contribution in [-0.4, -0.2) is 68.7 Å². The summed E-state index contributed by atoms with van der Waals surface area (Å²) >= 11 is 0. The van der Waals surface area contributed by atoms with Crippen molar-refractivity contribution in [2.45, 2.75) is 57.8 Å². The molecule has 0 radical (unpaired) electrons. The molecular formula is C21H33N5O5Si. The number of hydrogen-bond acceptors (Lipinski definition) is 9. The summed E-state index contributed by atoms with van der Waals surface area (Å²) in [7, 11) is -1.94. The number of pyridine rings is 1. The Morgan fingerprint density at radius 2 is 1.91 bits per heavy atom. The summed E-state index contributed by atoms with van der Waals surface area (Å²) in [6.45, 7) is 14.9. The predicted octanol–water partition coefficient (Wildman–Crippen LogP) is 3.96. The first-order chi connectivity index (χ1) is 15.0. The molecule has 0 unspecified atom stereocenters. The van der Waals surface area contributed by atoms with Crippen molar-refractivity contribution in [1.29, 1.82) is 0 Å². The van der Waals surface area contributed by atoms with Gasteiger partial charge in [-0.05, 0) is 31.0 Å². The molecule has 2 aliphatic heterocycles. The Kier molecular flexibility index (Phi) is 6.16. The van der Waals surface area contributed by atoms with Crippen molar-refractivity contribution in [1.82, 2.24) is 9.97 Å². The minimum atomic E-state index is -1.94. The topological polar surface area (TPSA) is 107 Å². The zero-order chi connectivity index (χ0) is 23.1. The highest BCUT2D eigenvalue weighted by molar-refractivity contribution is 6.74. The van der Waals surface area contributed by atoms with Crippen molar-refractivity contribution in [3.8, 4) is 0 Å². The molecule has 4 rings (SSSR count). The fraction of sp³-hybridized carbons (Fsp3) is 0.714. The lowest BCUT2D eigenvalue weighted by Gasteiger charge is -2.42. The number of morpholine rings is 1. The Balaban J connectivity index is 1.61. The number of anilines is 2. The molecule has 0 aliphatic carbocycles. The lowest BCUT2D eigenvalue weighted by molar-refractivity contribution is -0.384. The zero-order valence-corrected chi connectivity index (χ0v) is 20.6. The van der Waals surface area contributed by atoms with Gasteiger partial charge in [-0.3, -0.25) is 10.1 Å². The van der Waals surface area contributed by atoms with E-state index in [1.165, 1.54) is 6.07 Å². The van der Waals surface area contributed by atoms with Crippen LogP contribution in [0.2, 0.25) is 18.1 Å². The molecule has 0 bridgehead atoms. The van der Waals surface area contributed by atoms with Crippen molar-refractivity contribution in [3.63, 3.8) is 0 Å². The molecule has 1 atom stereocenters. The van der Waals surface area contributed by atoms with Gasteiger partial charge in [0.25, 0.3) is 6.01 Å². The number of fused-ring (bicyclic) bond motifs is 1. The molecule has 2 saturated heterocycles. The second kappa shape index (κ2) is 8.60. The van der Waals surface area contributed by atoms with E-state index in [0.717, 1.165) is 12.8 Å². The minimum Gasteiger partial charge on any atom is -0.421 e. The molecule has 2 aliphatic rings. The first-order valence-corrected chi connectivity index (χ1v) is 14.2. The van der Waals surface area contributed by atoms with Crippen LogP contribution in [0.25, 0.3) is 11.2 Å². The summed E-state index contributed by atoms with van der Waals surface area (Å²) in [5.41, 5.74) is 0.655. The largest absolute Gasteiger partial charge is 0.421 e. The first-order valence-electron chi connectivity index (χ1n) is 11.3. The smallest absolute Gasteiger partial charge is 0.315 e. The molecule has 0 spiro atoms. The lowest BCUT2D eigenvalue weighted by Crippen LogP contribution is -2.49. The number of hydrogen-bond donors (Lipinski definition) is 0. The van der Waals surface area contributed by atoms with Crippen LogP contribution in [0.4, 0.5) is 17.5 Å². The van der Waals surface area contributed by atoms with Crippen LogP contribution >= 0.6 is 0 Å². The zero-order valence-electron chi connectivity index (χ0n) is 19.6. The Labute approximate surface area is 189 Å². The number of aromatic nitrogens is 2. The normalized spacial score (nSPS) is 20.7. The van der Waals surface area contributed by atoms with Crippen LogP contribution in [0.15, 0.2) is 10.5 Å². The molecule has 0 N–H and O–H groups in total. The van der Waals surface area contributed by atoms with Gasteiger partial charge in [-0.15, -0.1) is 0 Å². The van der Waals surface area contributed by atoms with Gasteiger partial charge in [-0.25, -0.2) is 4.98 Å². The highest BCUT2D eigenvalue weighted by Gasteiger charge is 2.40. The van der Waals surface area contributed by atoms with E-state index in [-0.39, 0.29) is 16.8 Å². The maximum atomic E-state index is 11.9. The molecule has 0 aromatic carbocycles. The van der Waals surface area contributed by atoms with E-state index in [9.17, 15) is 10.1 Å². The minimum absolute atomic E-state index is 0.0305. The summed E-state index contributed by atoms with van der Waals surface area (Å²) in [6, 6.07) is 1.88. The maximum absolute atomic E-state index is 11.9. The third-order valence-corrected chi connectivity index (χ3v) is 11.3. The van der Waals surface area contributed by atoms with Crippen LogP contribution in [0, 0.1) is 10.1 Å². The molecule has 2 aromatic rings. The summed E-state index contributed by atoms with van der Waals surface area (Å²) < 4.78 is 17.8. The standard InChI is InChI=1S/C21H33N5O5Si/c1-21(2,3)32(4,5)31-15-7-6-8-25(14-15)19-16(26(27)28)13-17-18(22-19)23-20(30-17)24-9-11-29-12-10-24/h13,15H,6-12,14H2,1-5H3/t15-/m0/s1. The predicted molar refractivity (Wildman–Crippen MR) is 125 cm³/mol. The van der Waals surface area contributed by atoms with Gasteiger partial charge in [0.2, 0.25) is 11.5 Å². The van der Waals surface area contributed by atoms with Crippen molar-refractivity contribution in [2.75, 3.05) is 49.2 Å². The quantitative estimate of drug-likeness (QED) is 0.370. The van der Waals surface area contributed by atoms with Crippen LogP contribution < -0.4 is 9.80 Å². The fourth-order valence-corrected chi connectivity index (χ4v) is 5.29. The Bertz CT molecular complexity index is 983. The van der Waals surface area contributed by atoms with Gasteiger partial charge in [-0.1, -0.05) is 20.8 Å². The van der Waals surface area contributed by atoms with Gasteiger partial charge in [0.05, 0.1) is 30.3 Å². The van der Waals surface area contributed by atoms with Crippen molar-refractivity contribution in [3.05, 3.63) is 16.2 Å². The third-order valence-electron chi connectivity index (χ3n) is 6.76. The molecule has 0 amide bonds. The SMILES string of the molecule is CC(C)(C)[Si](C)(C)O[C@H]1CCCN(c2nc3nc(N4CCOCC4)oc3cc2[N+](=O)[O-])C1. The number of nitrogens with zero attached hydrogens (tertiary/aromatic N) is 5. The van der Waals surface area contributed by atoms with Crippen LogP contribution in [0.3, 0.4) is 0 Å². The van der Waals surface area contributed by atoms with E-state index < -0.39 is 13.2 Å². The van der Waals surface area contributed by atoms with Gasteiger partial charge < -0.3 is 23.4 Å². The van der Waals surface area contributed by atoms with E-state index in [1.54, 1.807) is 0 Å². The second-order valence-electron chi connectivity index (χ2n) is 10.1. The molecule has 10 nitrogen and oxygen atoms in total. The van der Waals surface area contributed by atoms with E-state index in [4.69, 9.17) is 13.6 Å². The summed E-state index contributed by atoms with van der Waals surface area (Å²) in [6.07, 6.45) is 1.88. The third kappa shape index (κ3) is 4.60. The highest BCUT2D eigenvalue weighted by Crippen LogP contribution is 2.39. The molecule has 4 heterocycles. The van der Waals surface area contributed by atoms with Gasteiger partial charge in [0.15, 0.2) is 13.9 Å². The number of nitro groups is 1.